The molecular formula is C20H17BrN2O3. The van der Waals surface area contributed by atoms with Crippen LogP contribution < -0.4 is 0 Å². The second-order valence-electron chi connectivity index (χ2n) is 5.61. The van der Waals surface area contributed by atoms with Crippen LogP contribution in [0, 0.1) is 6.92 Å². The third-order valence-corrected chi connectivity index (χ3v) is 4.45. The molecule has 0 spiro atoms. The molecule has 1 heterocycles. The zero-order valence-corrected chi connectivity index (χ0v) is 16.0. The first-order valence-corrected chi connectivity index (χ1v) is 8.94. The first-order chi connectivity index (χ1) is 12.5. The molecule has 6 heteroatoms. The van der Waals surface area contributed by atoms with Crippen LogP contribution in [0.15, 0.2) is 59.1 Å². The van der Waals surface area contributed by atoms with E-state index < -0.39 is 5.97 Å². The van der Waals surface area contributed by atoms with E-state index in [-0.39, 0.29) is 23.6 Å². The lowest BCUT2D eigenvalue weighted by atomic mass is 10.0. The number of rotatable bonds is 5. The maximum absolute atomic E-state index is 13.0. The van der Waals surface area contributed by atoms with Gasteiger partial charge in [-0.3, -0.25) is 4.79 Å². The van der Waals surface area contributed by atoms with Crippen LogP contribution in [0.3, 0.4) is 0 Å². The molecule has 3 rings (SSSR count). The van der Waals surface area contributed by atoms with E-state index in [1.807, 2.05) is 30.3 Å². The van der Waals surface area contributed by atoms with Crippen LogP contribution >= 0.6 is 15.9 Å². The summed E-state index contributed by atoms with van der Waals surface area (Å²) in [5, 5.41) is 4.38. The molecule has 0 amide bonds. The van der Waals surface area contributed by atoms with Gasteiger partial charge in [0.2, 0.25) is 0 Å². The average molecular weight is 413 g/mol. The number of ketones is 1. The molecule has 0 bridgehead atoms. The van der Waals surface area contributed by atoms with Crippen LogP contribution in [0.1, 0.15) is 39.0 Å². The van der Waals surface area contributed by atoms with Gasteiger partial charge in [0.15, 0.2) is 11.5 Å². The van der Waals surface area contributed by atoms with Crippen molar-refractivity contribution in [3.05, 3.63) is 81.6 Å². The third kappa shape index (κ3) is 3.46. The largest absolute Gasteiger partial charge is 0.461 e. The van der Waals surface area contributed by atoms with Gasteiger partial charge in [-0.1, -0.05) is 46.3 Å². The van der Waals surface area contributed by atoms with Crippen LogP contribution in [0.4, 0.5) is 0 Å². The van der Waals surface area contributed by atoms with Crippen LogP contribution in [0.2, 0.25) is 0 Å². The van der Waals surface area contributed by atoms with Crippen molar-refractivity contribution in [1.82, 2.24) is 9.78 Å². The highest BCUT2D eigenvalue weighted by molar-refractivity contribution is 9.10. The molecule has 0 radical (unpaired) electrons. The van der Waals surface area contributed by atoms with Crippen LogP contribution in [0.25, 0.3) is 5.69 Å². The molecule has 1 aromatic heterocycles. The van der Waals surface area contributed by atoms with Crippen LogP contribution in [0.5, 0.6) is 0 Å². The van der Waals surface area contributed by atoms with E-state index >= 15 is 0 Å². The fraction of sp³-hybridized carbons (Fsp3) is 0.150. The van der Waals surface area contributed by atoms with Gasteiger partial charge >= 0.3 is 5.97 Å². The van der Waals surface area contributed by atoms with Gasteiger partial charge < -0.3 is 4.74 Å². The van der Waals surface area contributed by atoms with Crippen molar-refractivity contribution in [2.75, 3.05) is 6.61 Å². The van der Waals surface area contributed by atoms with Gasteiger partial charge in [-0.05, 0) is 38.1 Å². The molecule has 0 fully saturated rings. The molecule has 0 atom stereocenters. The minimum Gasteiger partial charge on any atom is -0.461 e. The zero-order valence-electron chi connectivity index (χ0n) is 14.4. The zero-order chi connectivity index (χ0) is 18.7. The van der Waals surface area contributed by atoms with Crippen LogP contribution in [-0.2, 0) is 4.74 Å². The predicted molar refractivity (Wildman–Crippen MR) is 102 cm³/mol. The summed E-state index contributed by atoms with van der Waals surface area (Å²) in [5.41, 5.74) is 2.13. The molecule has 0 unspecified atom stereocenters. The molecule has 0 aliphatic heterocycles. The van der Waals surface area contributed by atoms with Crippen molar-refractivity contribution in [3.8, 4) is 5.69 Å². The fourth-order valence-corrected chi connectivity index (χ4v) is 2.95. The summed E-state index contributed by atoms with van der Waals surface area (Å²) >= 11 is 3.40. The molecule has 26 heavy (non-hydrogen) atoms. The van der Waals surface area contributed by atoms with Crippen molar-refractivity contribution < 1.29 is 14.3 Å². The SMILES string of the molecule is CCOC(=O)c1nn(-c2ccc(Br)cc2)c(C)c1C(=O)c1ccccc1. The summed E-state index contributed by atoms with van der Waals surface area (Å²) < 4.78 is 7.62. The molecule has 0 saturated heterocycles. The van der Waals surface area contributed by atoms with Gasteiger partial charge in [-0.25, -0.2) is 9.48 Å². The molecule has 5 nitrogen and oxygen atoms in total. The molecule has 2 aromatic carbocycles. The van der Waals surface area contributed by atoms with E-state index in [2.05, 4.69) is 21.0 Å². The summed E-state index contributed by atoms with van der Waals surface area (Å²) in [6.07, 6.45) is 0. The Balaban J connectivity index is 2.16. The smallest absolute Gasteiger partial charge is 0.359 e. The lowest BCUT2D eigenvalue weighted by Crippen LogP contribution is -2.12. The lowest BCUT2D eigenvalue weighted by molar-refractivity contribution is 0.0516. The minimum atomic E-state index is -0.606. The van der Waals surface area contributed by atoms with Crippen molar-refractivity contribution in [1.29, 1.82) is 0 Å². The van der Waals surface area contributed by atoms with Crippen LogP contribution in [-0.4, -0.2) is 28.1 Å². The van der Waals surface area contributed by atoms with E-state index in [9.17, 15) is 9.59 Å². The van der Waals surface area contributed by atoms with Gasteiger partial charge in [-0.15, -0.1) is 0 Å². The summed E-state index contributed by atoms with van der Waals surface area (Å²) in [7, 11) is 0. The lowest BCUT2D eigenvalue weighted by Gasteiger charge is -2.05. The maximum atomic E-state index is 13.0. The second kappa shape index (κ2) is 7.66. The Kier molecular flexibility index (Phi) is 5.32. The van der Waals surface area contributed by atoms with Crippen molar-refractivity contribution in [2.45, 2.75) is 13.8 Å². The molecule has 0 saturated carbocycles. The van der Waals surface area contributed by atoms with E-state index in [1.165, 1.54) is 0 Å². The summed E-state index contributed by atoms with van der Waals surface area (Å²) in [4.78, 5) is 25.4. The minimum absolute atomic E-state index is 0.0288. The molecular weight excluding hydrogens is 396 g/mol. The Morgan fingerprint density at radius 2 is 1.73 bits per heavy atom. The third-order valence-electron chi connectivity index (χ3n) is 3.92. The quantitative estimate of drug-likeness (QED) is 0.461. The Morgan fingerprint density at radius 3 is 2.35 bits per heavy atom. The number of ether oxygens (including phenoxy) is 1. The molecule has 3 aromatic rings. The van der Waals surface area contributed by atoms with Gasteiger partial charge in [-0.2, -0.15) is 5.10 Å². The van der Waals surface area contributed by atoms with E-state index in [0.29, 0.717) is 11.3 Å². The fourth-order valence-electron chi connectivity index (χ4n) is 2.68. The van der Waals surface area contributed by atoms with Gasteiger partial charge in [0.1, 0.15) is 0 Å². The Labute approximate surface area is 159 Å². The predicted octanol–water partition coefficient (Wildman–Crippen LogP) is 4.35. The number of hydrogen-bond acceptors (Lipinski definition) is 4. The highest BCUT2D eigenvalue weighted by Gasteiger charge is 2.28. The molecule has 0 aliphatic carbocycles. The van der Waals surface area contributed by atoms with Gasteiger partial charge in [0.25, 0.3) is 0 Å². The number of esters is 1. The number of halogens is 1. The standard InChI is InChI=1S/C20H17BrN2O3/c1-3-26-20(25)18-17(19(24)14-7-5-4-6-8-14)13(2)23(22-18)16-11-9-15(21)10-12-16/h4-12H,3H2,1-2H3. The number of carbonyl (C=O) groups is 2. The number of benzene rings is 2. The molecule has 0 N–H and O–H groups in total. The summed E-state index contributed by atoms with van der Waals surface area (Å²) in [5.74, 6) is -0.861. The molecule has 0 aliphatic rings. The average Bonchev–Trinajstić information content (AvgIpc) is 3.00. The highest BCUT2D eigenvalue weighted by atomic mass is 79.9. The van der Waals surface area contributed by atoms with E-state index in [1.54, 1.807) is 42.8 Å². The maximum Gasteiger partial charge on any atom is 0.359 e. The van der Waals surface area contributed by atoms with E-state index in [4.69, 9.17) is 4.74 Å². The van der Waals surface area contributed by atoms with Gasteiger partial charge in [0, 0.05) is 10.0 Å². The normalized spacial score (nSPS) is 10.6. The highest BCUT2D eigenvalue weighted by Crippen LogP contribution is 2.23. The monoisotopic (exact) mass is 412 g/mol. The number of aromatic nitrogens is 2. The topological polar surface area (TPSA) is 61.2 Å². The number of nitrogens with zero attached hydrogens (tertiary/aromatic N) is 2. The second-order valence-corrected chi connectivity index (χ2v) is 6.53. The van der Waals surface area contributed by atoms with E-state index in [0.717, 1.165) is 10.2 Å². The Hall–Kier alpha value is -2.73. The number of carbonyl (C=O) groups excluding carboxylic acids is 2. The van der Waals surface area contributed by atoms with Gasteiger partial charge in [0.05, 0.1) is 23.6 Å². The summed E-state index contributed by atoms with van der Waals surface area (Å²) in [6.45, 7) is 3.70. The van der Waals surface area contributed by atoms with Crippen molar-refractivity contribution in [2.24, 2.45) is 0 Å². The number of hydrogen-bond donors (Lipinski definition) is 0. The summed E-state index contributed by atoms with van der Waals surface area (Å²) in [6, 6.07) is 16.3. The van der Waals surface area contributed by atoms with Crippen molar-refractivity contribution in [3.63, 3.8) is 0 Å². The first kappa shape index (κ1) is 18.1. The Bertz CT molecular complexity index is 947. The first-order valence-electron chi connectivity index (χ1n) is 8.15. The molecule has 132 valence electrons. The Morgan fingerprint density at radius 1 is 1.08 bits per heavy atom. The van der Waals surface area contributed by atoms with Crippen molar-refractivity contribution >= 4 is 27.7 Å².